The van der Waals surface area contributed by atoms with E-state index in [0.717, 1.165) is 50.1 Å². The van der Waals surface area contributed by atoms with E-state index in [-0.39, 0.29) is 12.0 Å². The van der Waals surface area contributed by atoms with Crippen LogP contribution in [-0.2, 0) is 9.53 Å². The summed E-state index contributed by atoms with van der Waals surface area (Å²) in [4.78, 5) is 14.8. The topological polar surface area (TPSA) is 79.6 Å². The molecule has 6 nitrogen and oxygen atoms in total. The smallest absolute Gasteiger partial charge is 0.253 e. The first-order chi connectivity index (χ1) is 11.7. The van der Waals surface area contributed by atoms with E-state index in [1.807, 2.05) is 24.3 Å². The van der Waals surface area contributed by atoms with Crippen molar-refractivity contribution in [2.24, 2.45) is 5.73 Å². The highest BCUT2D eigenvalue weighted by Crippen LogP contribution is 2.26. The highest BCUT2D eigenvalue weighted by Gasteiger charge is 2.30. The fourth-order valence-corrected chi connectivity index (χ4v) is 3.38. The van der Waals surface area contributed by atoms with Gasteiger partial charge in [-0.05, 0) is 58.0 Å². The van der Waals surface area contributed by atoms with Gasteiger partial charge in [0.15, 0.2) is 0 Å². The van der Waals surface area contributed by atoms with Gasteiger partial charge in [-0.1, -0.05) is 12.1 Å². The van der Waals surface area contributed by atoms with Crippen molar-refractivity contribution in [1.29, 1.82) is 0 Å². The van der Waals surface area contributed by atoms with Crippen LogP contribution in [-0.4, -0.2) is 55.7 Å². The number of nitrogens with one attached hydrogen (secondary N) is 2. The molecular weight excluding hydrogens is 304 g/mol. The fraction of sp³-hybridized carbons (Fsp3) is 0.611. The molecule has 1 amide bonds. The van der Waals surface area contributed by atoms with E-state index in [0.29, 0.717) is 12.6 Å². The molecule has 1 aromatic rings. The predicted molar refractivity (Wildman–Crippen MR) is 96.2 cm³/mol. The molecule has 0 saturated carbocycles. The molecule has 0 unspecified atom stereocenters. The summed E-state index contributed by atoms with van der Waals surface area (Å²) in [5, 5.41) is 6.60. The lowest BCUT2D eigenvalue weighted by Gasteiger charge is -2.30. The van der Waals surface area contributed by atoms with Crippen LogP contribution in [0.5, 0.6) is 0 Å². The Hall–Kier alpha value is -1.63. The van der Waals surface area contributed by atoms with Gasteiger partial charge in [-0.25, -0.2) is 0 Å². The van der Waals surface area contributed by atoms with Gasteiger partial charge in [0.05, 0.1) is 17.5 Å². The van der Waals surface area contributed by atoms with Gasteiger partial charge in [0.1, 0.15) is 6.10 Å². The molecule has 0 aromatic heterocycles. The second-order valence-corrected chi connectivity index (χ2v) is 6.82. The molecule has 3 rings (SSSR count). The van der Waals surface area contributed by atoms with Gasteiger partial charge in [0, 0.05) is 12.6 Å². The summed E-state index contributed by atoms with van der Waals surface area (Å²) >= 11 is 0. The van der Waals surface area contributed by atoms with Crippen molar-refractivity contribution in [3.8, 4) is 0 Å². The summed E-state index contributed by atoms with van der Waals surface area (Å²) in [5.41, 5.74) is 7.42. The lowest BCUT2D eigenvalue weighted by atomic mass is 10.0. The molecule has 2 heterocycles. The van der Waals surface area contributed by atoms with Gasteiger partial charge >= 0.3 is 0 Å². The Balaban J connectivity index is 1.60. The average Bonchev–Trinajstić information content (AvgIpc) is 3.08. The maximum Gasteiger partial charge on any atom is 0.253 e. The third kappa shape index (κ3) is 4.26. The molecule has 2 aliphatic rings. The molecule has 132 valence electrons. The lowest BCUT2D eigenvalue weighted by Crippen LogP contribution is -2.37. The minimum Gasteiger partial charge on any atom is -0.381 e. The van der Waals surface area contributed by atoms with Crippen LogP contribution in [0.25, 0.3) is 0 Å². The van der Waals surface area contributed by atoms with E-state index in [2.05, 4.69) is 22.6 Å². The van der Waals surface area contributed by atoms with Crippen LogP contribution in [0.2, 0.25) is 0 Å². The van der Waals surface area contributed by atoms with Crippen LogP contribution in [0.3, 0.4) is 0 Å². The SMILES string of the molecule is CN1CCC(Nc2ccccc2NC(=O)[C@@H]2CC[C@H](CN)O2)CC1. The number of benzene rings is 1. The predicted octanol–water partition coefficient (Wildman–Crippen LogP) is 1.64. The van der Waals surface area contributed by atoms with Crippen LogP contribution in [0.15, 0.2) is 24.3 Å². The highest BCUT2D eigenvalue weighted by atomic mass is 16.5. The molecule has 24 heavy (non-hydrogen) atoms. The Morgan fingerprint density at radius 1 is 1.21 bits per heavy atom. The molecule has 1 aromatic carbocycles. The summed E-state index contributed by atoms with van der Waals surface area (Å²) in [6, 6.07) is 8.33. The molecule has 0 bridgehead atoms. The number of carbonyl (C=O) groups is 1. The second kappa shape index (κ2) is 7.96. The van der Waals surface area contributed by atoms with Crippen molar-refractivity contribution in [2.75, 3.05) is 37.3 Å². The number of likely N-dealkylation sites (tertiary alicyclic amines) is 1. The molecule has 2 saturated heterocycles. The van der Waals surface area contributed by atoms with Crippen LogP contribution >= 0.6 is 0 Å². The zero-order valence-electron chi connectivity index (χ0n) is 14.3. The number of hydrogen-bond donors (Lipinski definition) is 3. The van der Waals surface area contributed by atoms with Gasteiger partial charge < -0.3 is 26.0 Å². The molecule has 2 aliphatic heterocycles. The second-order valence-electron chi connectivity index (χ2n) is 6.82. The maximum atomic E-state index is 12.5. The minimum absolute atomic E-state index is 0.00773. The van der Waals surface area contributed by atoms with Crippen LogP contribution in [0, 0.1) is 0 Å². The minimum atomic E-state index is -0.394. The van der Waals surface area contributed by atoms with Crippen molar-refractivity contribution < 1.29 is 9.53 Å². The molecule has 4 N–H and O–H groups in total. The Labute approximate surface area is 143 Å². The number of hydrogen-bond acceptors (Lipinski definition) is 5. The quantitative estimate of drug-likeness (QED) is 0.764. The van der Waals surface area contributed by atoms with Gasteiger partial charge in [0.25, 0.3) is 5.91 Å². The largest absolute Gasteiger partial charge is 0.381 e. The first-order valence-corrected chi connectivity index (χ1v) is 8.86. The molecule has 0 radical (unpaired) electrons. The van der Waals surface area contributed by atoms with Crippen molar-refractivity contribution in [1.82, 2.24) is 4.90 Å². The van der Waals surface area contributed by atoms with E-state index in [1.165, 1.54) is 0 Å². The van der Waals surface area contributed by atoms with Gasteiger partial charge in [-0.3, -0.25) is 4.79 Å². The van der Waals surface area contributed by atoms with E-state index in [1.54, 1.807) is 0 Å². The molecule has 0 spiro atoms. The van der Waals surface area contributed by atoms with E-state index in [4.69, 9.17) is 10.5 Å². The maximum absolute atomic E-state index is 12.5. The first-order valence-electron chi connectivity index (χ1n) is 8.86. The molecule has 0 aliphatic carbocycles. The zero-order valence-corrected chi connectivity index (χ0v) is 14.3. The Morgan fingerprint density at radius 2 is 1.92 bits per heavy atom. The van der Waals surface area contributed by atoms with E-state index in [9.17, 15) is 4.79 Å². The van der Waals surface area contributed by atoms with Gasteiger partial charge in [-0.2, -0.15) is 0 Å². The summed E-state index contributed by atoms with van der Waals surface area (Å²) in [7, 11) is 2.15. The number of piperidine rings is 1. The van der Waals surface area contributed by atoms with Gasteiger partial charge in [-0.15, -0.1) is 0 Å². The summed E-state index contributed by atoms with van der Waals surface area (Å²) in [6.07, 6.45) is 3.43. The lowest BCUT2D eigenvalue weighted by molar-refractivity contribution is -0.126. The number of nitrogens with zero attached hydrogens (tertiary/aromatic N) is 1. The normalized spacial score (nSPS) is 25.6. The number of carbonyl (C=O) groups excluding carboxylic acids is 1. The van der Waals surface area contributed by atoms with Crippen LogP contribution in [0.1, 0.15) is 25.7 Å². The first kappa shape index (κ1) is 17.2. The number of amides is 1. The Kier molecular flexibility index (Phi) is 5.71. The van der Waals surface area contributed by atoms with Crippen molar-refractivity contribution in [3.63, 3.8) is 0 Å². The number of para-hydroxylation sites is 2. The number of anilines is 2. The number of rotatable bonds is 5. The molecular formula is C18H28N4O2. The summed E-state index contributed by atoms with van der Waals surface area (Å²) < 4.78 is 5.68. The summed E-state index contributed by atoms with van der Waals surface area (Å²) in [5.74, 6) is -0.0800. The van der Waals surface area contributed by atoms with Crippen molar-refractivity contribution >= 4 is 17.3 Å². The van der Waals surface area contributed by atoms with Crippen molar-refractivity contribution in [3.05, 3.63) is 24.3 Å². The molecule has 2 fully saturated rings. The Bertz CT molecular complexity index is 558. The third-order valence-corrected chi connectivity index (χ3v) is 4.93. The zero-order chi connectivity index (χ0) is 16.9. The summed E-state index contributed by atoms with van der Waals surface area (Å²) in [6.45, 7) is 2.67. The molecule has 6 heteroatoms. The van der Waals surface area contributed by atoms with Gasteiger partial charge in [0.2, 0.25) is 0 Å². The van der Waals surface area contributed by atoms with E-state index < -0.39 is 6.10 Å². The number of ether oxygens (including phenoxy) is 1. The molecule has 2 atom stereocenters. The Morgan fingerprint density at radius 3 is 2.58 bits per heavy atom. The highest BCUT2D eigenvalue weighted by molar-refractivity contribution is 5.97. The third-order valence-electron chi connectivity index (χ3n) is 4.93. The van der Waals surface area contributed by atoms with E-state index >= 15 is 0 Å². The van der Waals surface area contributed by atoms with Crippen molar-refractivity contribution in [2.45, 2.75) is 43.9 Å². The fourth-order valence-electron chi connectivity index (χ4n) is 3.38. The van der Waals surface area contributed by atoms with Crippen LogP contribution in [0.4, 0.5) is 11.4 Å². The van der Waals surface area contributed by atoms with Crippen LogP contribution < -0.4 is 16.4 Å². The monoisotopic (exact) mass is 332 g/mol. The number of nitrogens with two attached hydrogens (primary N) is 1. The average molecular weight is 332 g/mol. The standard InChI is InChI=1S/C18H28N4O2/c1-22-10-8-13(9-11-22)20-15-4-2-3-5-16(15)21-18(23)17-7-6-14(12-19)24-17/h2-5,13-14,17,20H,6-12,19H2,1H3,(H,21,23)/t14-,17+/m1/s1.